The summed E-state index contributed by atoms with van der Waals surface area (Å²) >= 11 is 0. The van der Waals surface area contributed by atoms with Gasteiger partial charge in [-0.1, -0.05) is 13.8 Å². The SMILES string of the molecule is Cc1cc(O)c(C(C)C)cc1S(=O)(=O)O.NCCCN1CCN(CCCN)CC1. The third-order valence-electron chi connectivity index (χ3n) is 5.05. The van der Waals surface area contributed by atoms with Crippen LogP contribution in [0.2, 0.25) is 0 Å². The highest BCUT2D eigenvalue weighted by atomic mass is 32.2. The standard InChI is InChI=1S/C10H24N4.C10H14O4S/c11-3-1-5-13-7-9-14(10-8-13)6-2-4-12;1-6(2)8-5-10(15(12,13)14)7(3)4-9(8)11/h1-12H2;4-6,11H,1-3H3,(H,12,13,14). The lowest BCUT2D eigenvalue weighted by Gasteiger charge is -2.34. The van der Waals surface area contributed by atoms with Crippen molar-refractivity contribution in [1.82, 2.24) is 9.80 Å². The van der Waals surface area contributed by atoms with Gasteiger partial charge in [0.15, 0.2) is 0 Å². The average molecular weight is 431 g/mol. The minimum absolute atomic E-state index is 0.00824. The monoisotopic (exact) mass is 430 g/mol. The molecule has 9 heteroatoms. The molecular weight excluding hydrogens is 392 g/mol. The van der Waals surface area contributed by atoms with Gasteiger partial charge in [0, 0.05) is 26.2 Å². The first-order chi connectivity index (χ1) is 13.6. The van der Waals surface area contributed by atoms with Gasteiger partial charge in [-0.25, -0.2) is 0 Å². The van der Waals surface area contributed by atoms with E-state index in [1.165, 1.54) is 58.3 Å². The number of aryl methyl sites for hydroxylation is 1. The zero-order valence-corrected chi connectivity index (χ0v) is 18.8. The summed E-state index contributed by atoms with van der Waals surface area (Å²) in [6, 6.07) is 2.66. The van der Waals surface area contributed by atoms with Crippen LogP contribution >= 0.6 is 0 Å². The first-order valence-electron chi connectivity index (χ1n) is 10.3. The third-order valence-corrected chi connectivity index (χ3v) is 6.04. The molecule has 29 heavy (non-hydrogen) atoms. The van der Waals surface area contributed by atoms with E-state index in [1.54, 1.807) is 0 Å². The highest BCUT2D eigenvalue weighted by Gasteiger charge is 2.18. The molecule has 8 nitrogen and oxygen atoms in total. The van der Waals surface area contributed by atoms with Gasteiger partial charge in [0.2, 0.25) is 0 Å². The zero-order valence-electron chi connectivity index (χ0n) is 18.0. The van der Waals surface area contributed by atoms with Crippen LogP contribution in [0.25, 0.3) is 0 Å². The van der Waals surface area contributed by atoms with Crippen molar-refractivity contribution in [3.05, 3.63) is 23.3 Å². The lowest BCUT2D eigenvalue weighted by Crippen LogP contribution is -2.47. The van der Waals surface area contributed by atoms with E-state index in [-0.39, 0.29) is 16.6 Å². The second-order valence-electron chi connectivity index (χ2n) is 7.77. The molecule has 1 aliphatic heterocycles. The molecular formula is C20H38N4O4S. The minimum Gasteiger partial charge on any atom is -0.508 e. The maximum absolute atomic E-state index is 11.0. The van der Waals surface area contributed by atoms with E-state index in [4.69, 9.17) is 16.0 Å². The Morgan fingerprint density at radius 2 is 1.45 bits per heavy atom. The largest absolute Gasteiger partial charge is 0.508 e. The summed E-state index contributed by atoms with van der Waals surface area (Å²) in [7, 11) is -4.22. The van der Waals surface area contributed by atoms with Crippen LogP contribution in [0.3, 0.4) is 0 Å². The quantitative estimate of drug-likeness (QED) is 0.455. The fourth-order valence-corrected chi connectivity index (χ4v) is 4.04. The number of benzene rings is 1. The molecule has 168 valence electrons. The van der Waals surface area contributed by atoms with Gasteiger partial charge in [-0.3, -0.25) is 4.55 Å². The number of phenols is 1. The molecule has 0 saturated carbocycles. The van der Waals surface area contributed by atoms with Crippen molar-refractivity contribution in [3.63, 3.8) is 0 Å². The van der Waals surface area contributed by atoms with Crippen LogP contribution in [-0.4, -0.2) is 80.2 Å². The van der Waals surface area contributed by atoms with E-state index in [2.05, 4.69) is 9.80 Å². The molecule has 6 N–H and O–H groups in total. The summed E-state index contributed by atoms with van der Waals surface area (Å²) in [6.45, 7) is 13.9. The molecule has 0 aromatic heterocycles. The molecule has 0 amide bonds. The predicted octanol–water partition coefficient (Wildman–Crippen LogP) is 1.37. The van der Waals surface area contributed by atoms with Crippen molar-refractivity contribution in [2.24, 2.45) is 11.5 Å². The maximum atomic E-state index is 11.0. The molecule has 1 aromatic carbocycles. The van der Waals surface area contributed by atoms with Crippen LogP contribution in [0, 0.1) is 6.92 Å². The Hall–Kier alpha value is -1.23. The van der Waals surface area contributed by atoms with E-state index < -0.39 is 10.1 Å². The number of nitrogens with zero attached hydrogens (tertiary/aromatic N) is 2. The summed E-state index contributed by atoms with van der Waals surface area (Å²) in [5.74, 6) is 0.0426. The molecule has 2 rings (SSSR count). The molecule has 0 aliphatic carbocycles. The number of nitrogens with two attached hydrogens (primary N) is 2. The van der Waals surface area contributed by atoms with E-state index in [0.29, 0.717) is 11.1 Å². The Morgan fingerprint density at radius 3 is 1.79 bits per heavy atom. The summed E-state index contributed by atoms with van der Waals surface area (Å²) < 4.78 is 31.0. The molecule has 0 bridgehead atoms. The van der Waals surface area contributed by atoms with Gasteiger partial charge >= 0.3 is 0 Å². The number of rotatable bonds is 8. The summed E-state index contributed by atoms with van der Waals surface area (Å²) in [4.78, 5) is 4.86. The van der Waals surface area contributed by atoms with Gasteiger partial charge in [-0.2, -0.15) is 8.42 Å². The normalized spacial score (nSPS) is 16.0. The van der Waals surface area contributed by atoms with E-state index in [9.17, 15) is 13.5 Å². The number of piperazine rings is 1. The van der Waals surface area contributed by atoms with Gasteiger partial charge in [-0.05, 0) is 75.1 Å². The highest BCUT2D eigenvalue weighted by Crippen LogP contribution is 2.30. The molecule has 0 atom stereocenters. The molecule has 1 saturated heterocycles. The van der Waals surface area contributed by atoms with Crippen LogP contribution in [0.1, 0.15) is 43.7 Å². The Labute approximate surface area is 175 Å². The second-order valence-corrected chi connectivity index (χ2v) is 9.16. The number of aromatic hydroxyl groups is 1. The summed E-state index contributed by atoms with van der Waals surface area (Å²) in [6.07, 6.45) is 2.26. The smallest absolute Gasteiger partial charge is 0.294 e. The van der Waals surface area contributed by atoms with Crippen LogP contribution < -0.4 is 11.5 Å². The van der Waals surface area contributed by atoms with Gasteiger partial charge in [0.25, 0.3) is 10.1 Å². The Morgan fingerprint density at radius 1 is 1.00 bits per heavy atom. The van der Waals surface area contributed by atoms with Crippen LogP contribution in [0.5, 0.6) is 5.75 Å². The molecule has 1 fully saturated rings. The van der Waals surface area contributed by atoms with Gasteiger partial charge in [-0.15, -0.1) is 0 Å². The fraction of sp³-hybridized carbons (Fsp3) is 0.700. The third kappa shape index (κ3) is 8.98. The summed E-state index contributed by atoms with van der Waals surface area (Å²) in [5, 5.41) is 9.58. The van der Waals surface area contributed by atoms with E-state index in [0.717, 1.165) is 25.9 Å². The number of hydrogen-bond donors (Lipinski definition) is 4. The van der Waals surface area contributed by atoms with Crippen molar-refractivity contribution >= 4 is 10.1 Å². The van der Waals surface area contributed by atoms with Crippen LogP contribution in [-0.2, 0) is 10.1 Å². The number of phenolic OH excluding ortho intramolecular Hbond substituents is 1. The molecule has 0 radical (unpaired) electrons. The Kier molecular flexibility index (Phi) is 11.1. The zero-order chi connectivity index (χ0) is 22.0. The van der Waals surface area contributed by atoms with E-state index >= 15 is 0 Å². The molecule has 0 spiro atoms. The predicted molar refractivity (Wildman–Crippen MR) is 117 cm³/mol. The van der Waals surface area contributed by atoms with Crippen molar-refractivity contribution in [1.29, 1.82) is 0 Å². The molecule has 1 heterocycles. The first-order valence-corrected chi connectivity index (χ1v) is 11.7. The molecule has 0 unspecified atom stereocenters. The second kappa shape index (κ2) is 12.5. The Bertz CT molecular complexity index is 701. The van der Waals surface area contributed by atoms with Gasteiger partial charge in [0.1, 0.15) is 5.75 Å². The maximum Gasteiger partial charge on any atom is 0.294 e. The first kappa shape index (κ1) is 25.8. The highest BCUT2D eigenvalue weighted by molar-refractivity contribution is 7.85. The number of hydrogen-bond acceptors (Lipinski definition) is 7. The topological polar surface area (TPSA) is 133 Å². The van der Waals surface area contributed by atoms with Crippen molar-refractivity contribution in [3.8, 4) is 5.75 Å². The van der Waals surface area contributed by atoms with E-state index in [1.807, 2.05) is 13.8 Å². The van der Waals surface area contributed by atoms with Crippen LogP contribution in [0.15, 0.2) is 17.0 Å². The van der Waals surface area contributed by atoms with Crippen molar-refractivity contribution in [2.75, 3.05) is 52.4 Å². The average Bonchev–Trinajstić information content (AvgIpc) is 2.64. The summed E-state index contributed by atoms with van der Waals surface area (Å²) in [5.41, 5.74) is 11.8. The van der Waals surface area contributed by atoms with Crippen molar-refractivity contribution < 1.29 is 18.1 Å². The lowest BCUT2D eigenvalue weighted by molar-refractivity contribution is 0.131. The van der Waals surface area contributed by atoms with Crippen molar-refractivity contribution in [2.45, 2.75) is 44.4 Å². The van der Waals surface area contributed by atoms with Crippen LogP contribution in [0.4, 0.5) is 0 Å². The minimum atomic E-state index is -4.22. The fourth-order valence-electron chi connectivity index (χ4n) is 3.30. The lowest BCUT2D eigenvalue weighted by atomic mass is 10.0. The molecule has 1 aromatic rings. The molecule has 1 aliphatic rings. The van der Waals surface area contributed by atoms with Gasteiger partial charge < -0.3 is 26.4 Å². The van der Waals surface area contributed by atoms with Gasteiger partial charge in [0.05, 0.1) is 4.90 Å². The Balaban J connectivity index is 0.000000291.